The molecule has 0 atom stereocenters. The van der Waals surface area contributed by atoms with Crippen LogP contribution in [0.15, 0.2) is 61.3 Å². The van der Waals surface area contributed by atoms with Gasteiger partial charge in [0.05, 0.1) is 17.6 Å². The topological polar surface area (TPSA) is 43.6 Å². The lowest BCUT2D eigenvalue weighted by Gasteiger charge is -2.04. The Labute approximate surface area is 117 Å². The highest BCUT2D eigenvalue weighted by atomic mass is 15.3. The number of aromatic nitrogens is 4. The summed E-state index contributed by atoms with van der Waals surface area (Å²) in [6.07, 6.45) is 10.9. The lowest BCUT2D eigenvalue weighted by Crippen LogP contribution is -1.94. The third kappa shape index (κ3) is 2.64. The van der Waals surface area contributed by atoms with Crippen molar-refractivity contribution in [1.82, 2.24) is 19.7 Å². The smallest absolute Gasteiger partial charge is 0.0842 e. The van der Waals surface area contributed by atoms with Gasteiger partial charge in [0.2, 0.25) is 0 Å². The lowest BCUT2D eigenvalue weighted by atomic mass is 10.1. The molecular formula is C16H14N4. The monoisotopic (exact) mass is 262 g/mol. The number of allylic oxidation sites excluding steroid dienone is 1. The predicted molar refractivity (Wildman–Crippen MR) is 79.1 cm³/mol. The van der Waals surface area contributed by atoms with Gasteiger partial charge in [0, 0.05) is 24.8 Å². The summed E-state index contributed by atoms with van der Waals surface area (Å²) in [5.41, 5.74) is 4.12. The molecule has 20 heavy (non-hydrogen) atoms. The van der Waals surface area contributed by atoms with Gasteiger partial charge in [0.25, 0.3) is 0 Å². The van der Waals surface area contributed by atoms with E-state index in [2.05, 4.69) is 33.3 Å². The zero-order chi connectivity index (χ0) is 13.8. The van der Waals surface area contributed by atoms with Gasteiger partial charge in [-0.25, -0.2) is 4.68 Å². The van der Waals surface area contributed by atoms with Crippen LogP contribution in [0.2, 0.25) is 0 Å². The number of hydrogen-bond donors (Lipinski definition) is 0. The molecule has 0 radical (unpaired) electrons. The second kappa shape index (κ2) is 5.48. The van der Waals surface area contributed by atoms with Gasteiger partial charge in [-0.05, 0) is 42.3 Å². The maximum Gasteiger partial charge on any atom is 0.0842 e. The average molecular weight is 262 g/mol. The van der Waals surface area contributed by atoms with Gasteiger partial charge in [-0.1, -0.05) is 12.1 Å². The molecule has 4 heteroatoms. The van der Waals surface area contributed by atoms with Gasteiger partial charge in [-0.3, -0.25) is 9.97 Å². The highest BCUT2D eigenvalue weighted by molar-refractivity contribution is 5.78. The molecule has 0 amide bonds. The minimum absolute atomic E-state index is 0.886. The Kier molecular flexibility index (Phi) is 3.37. The molecule has 0 aliphatic carbocycles. The van der Waals surface area contributed by atoms with E-state index in [0.29, 0.717) is 0 Å². The highest BCUT2D eigenvalue weighted by Crippen LogP contribution is 2.17. The van der Waals surface area contributed by atoms with Crippen LogP contribution in [0.25, 0.3) is 17.3 Å². The maximum atomic E-state index is 4.30. The second-order valence-electron chi connectivity index (χ2n) is 4.46. The number of nitrogens with zero attached hydrogens (tertiary/aromatic N) is 4. The first-order chi connectivity index (χ1) is 9.83. The molecule has 1 aromatic carbocycles. The van der Waals surface area contributed by atoms with E-state index in [4.69, 9.17) is 0 Å². The van der Waals surface area contributed by atoms with Crippen LogP contribution in [-0.4, -0.2) is 19.7 Å². The van der Waals surface area contributed by atoms with E-state index in [1.165, 1.54) is 0 Å². The number of benzene rings is 1. The Morgan fingerprint density at radius 2 is 2.10 bits per heavy atom. The molecule has 0 unspecified atom stereocenters. The zero-order valence-electron chi connectivity index (χ0n) is 11.1. The minimum Gasteiger partial charge on any atom is -0.261 e. The number of rotatable bonds is 3. The largest absolute Gasteiger partial charge is 0.261 e. The molecule has 0 aliphatic rings. The summed E-state index contributed by atoms with van der Waals surface area (Å²) >= 11 is 0. The van der Waals surface area contributed by atoms with Crippen LogP contribution < -0.4 is 0 Å². The van der Waals surface area contributed by atoms with Crippen molar-refractivity contribution in [1.29, 1.82) is 0 Å². The summed E-state index contributed by atoms with van der Waals surface area (Å²) in [7, 11) is 0. The SMILES string of the molecule is C/C(=C/c1cccc(-n2cccn2)c1)c1cnccn1. The third-order valence-corrected chi connectivity index (χ3v) is 2.99. The fourth-order valence-electron chi connectivity index (χ4n) is 2.01. The van der Waals surface area contributed by atoms with E-state index in [9.17, 15) is 0 Å². The maximum absolute atomic E-state index is 4.30. The molecular weight excluding hydrogens is 248 g/mol. The van der Waals surface area contributed by atoms with Crippen molar-refractivity contribution in [3.63, 3.8) is 0 Å². The van der Waals surface area contributed by atoms with Crippen LogP contribution in [0.4, 0.5) is 0 Å². The molecule has 0 saturated carbocycles. The minimum atomic E-state index is 0.886. The van der Waals surface area contributed by atoms with Crippen molar-refractivity contribution >= 4 is 11.6 Å². The molecule has 0 bridgehead atoms. The first kappa shape index (κ1) is 12.3. The van der Waals surface area contributed by atoms with Crippen LogP contribution in [0.5, 0.6) is 0 Å². The zero-order valence-corrected chi connectivity index (χ0v) is 11.1. The van der Waals surface area contributed by atoms with Crippen molar-refractivity contribution in [2.75, 3.05) is 0 Å². The Balaban J connectivity index is 1.94. The molecule has 3 rings (SSSR count). The summed E-state index contributed by atoms with van der Waals surface area (Å²) in [6.45, 7) is 2.03. The standard InChI is InChI=1S/C16H14N4/c1-13(16-12-17-7-8-18-16)10-14-4-2-5-15(11-14)20-9-3-6-19-20/h2-12H,1H3/b13-10-. The van der Waals surface area contributed by atoms with Crippen LogP contribution in [0.1, 0.15) is 18.2 Å². The van der Waals surface area contributed by atoms with Crippen LogP contribution in [0, 0.1) is 0 Å². The fraction of sp³-hybridized carbons (Fsp3) is 0.0625. The molecule has 0 aliphatic heterocycles. The molecule has 0 spiro atoms. The Bertz CT molecular complexity index is 715. The molecule has 4 nitrogen and oxygen atoms in total. The van der Waals surface area contributed by atoms with Crippen molar-refractivity contribution < 1.29 is 0 Å². The average Bonchev–Trinajstić information content (AvgIpc) is 3.03. The fourth-order valence-corrected chi connectivity index (χ4v) is 2.01. The normalized spacial score (nSPS) is 11.6. The Hall–Kier alpha value is -2.75. The molecule has 0 fully saturated rings. The van der Waals surface area contributed by atoms with Crippen molar-refractivity contribution in [2.45, 2.75) is 6.92 Å². The van der Waals surface area contributed by atoms with Crippen molar-refractivity contribution in [3.05, 3.63) is 72.6 Å². The summed E-state index contributed by atoms with van der Waals surface area (Å²) < 4.78 is 1.84. The van der Waals surface area contributed by atoms with Crippen LogP contribution in [-0.2, 0) is 0 Å². The van der Waals surface area contributed by atoms with Gasteiger partial charge < -0.3 is 0 Å². The summed E-state index contributed by atoms with van der Waals surface area (Å²) in [5, 5.41) is 4.24. The van der Waals surface area contributed by atoms with Gasteiger partial charge in [-0.15, -0.1) is 0 Å². The predicted octanol–water partition coefficient (Wildman–Crippen LogP) is 3.22. The van der Waals surface area contributed by atoms with Gasteiger partial charge >= 0.3 is 0 Å². The van der Waals surface area contributed by atoms with Gasteiger partial charge in [-0.2, -0.15) is 5.10 Å². The van der Waals surface area contributed by atoms with Gasteiger partial charge in [0.1, 0.15) is 0 Å². The lowest BCUT2D eigenvalue weighted by molar-refractivity contribution is 0.880. The first-order valence-electron chi connectivity index (χ1n) is 6.38. The molecule has 2 aromatic heterocycles. The van der Waals surface area contributed by atoms with Crippen LogP contribution >= 0.6 is 0 Å². The van der Waals surface area contributed by atoms with Crippen molar-refractivity contribution in [2.24, 2.45) is 0 Å². The van der Waals surface area contributed by atoms with Gasteiger partial charge in [0.15, 0.2) is 0 Å². The van der Waals surface area contributed by atoms with E-state index in [1.54, 1.807) is 24.8 Å². The molecule has 0 saturated heterocycles. The number of hydrogen-bond acceptors (Lipinski definition) is 3. The summed E-state index contributed by atoms with van der Waals surface area (Å²) in [6, 6.07) is 10.1. The molecule has 98 valence electrons. The molecule has 3 aromatic rings. The van der Waals surface area contributed by atoms with E-state index < -0.39 is 0 Å². The Morgan fingerprint density at radius 3 is 2.85 bits per heavy atom. The summed E-state index contributed by atoms with van der Waals surface area (Å²) in [4.78, 5) is 8.39. The van der Waals surface area contributed by atoms with E-state index in [1.807, 2.05) is 36.0 Å². The molecule has 0 N–H and O–H groups in total. The quantitative estimate of drug-likeness (QED) is 0.728. The molecule has 2 heterocycles. The van der Waals surface area contributed by atoms with Crippen LogP contribution in [0.3, 0.4) is 0 Å². The van der Waals surface area contributed by atoms with Crippen molar-refractivity contribution in [3.8, 4) is 5.69 Å². The summed E-state index contributed by atoms with van der Waals surface area (Å²) in [5.74, 6) is 0. The van der Waals surface area contributed by atoms with E-state index in [-0.39, 0.29) is 0 Å². The second-order valence-corrected chi connectivity index (χ2v) is 4.46. The Morgan fingerprint density at radius 1 is 1.15 bits per heavy atom. The first-order valence-corrected chi connectivity index (χ1v) is 6.38. The van der Waals surface area contributed by atoms with E-state index >= 15 is 0 Å². The highest BCUT2D eigenvalue weighted by Gasteiger charge is 2.00. The third-order valence-electron chi connectivity index (χ3n) is 2.99. The van der Waals surface area contributed by atoms with E-state index in [0.717, 1.165) is 22.5 Å².